The first-order chi connectivity index (χ1) is 14.0. The molecule has 0 aliphatic carbocycles. The van der Waals surface area contributed by atoms with Crippen LogP contribution in [0.15, 0.2) is 48.5 Å². The van der Waals surface area contributed by atoms with E-state index >= 15 is 0 Å². The zero-order valence-electron chi connectivity index (χ0n) is 18.3. The molecular weight excluding hydrogens is 362 g/mol. The Balaban J connectivity index is 1.62. The van der Waals surface area contributed by atoms with Crippen molar-refractivity contribution in [3.8, 4) is 11.5 Å². The van der Waals surface area contributed by atoms with Crippen LogP contribution in [-0.4, -0.2) is 33.0 Å². The number of benzene rings is 2. The summed E-state index contributed by atoms with van der Waals surface area (Å²) in [4.78, 5) is 0. The van der Waals surface area contributed by atoms with Gasteiger partial charge in [0.15, 0.2) is 0 Å². The van der Waals surface area contributed by atoms with Gasteiger partial charge in [0.1, 0.15) is 18.0 Å². The second kappa shape index (κ2) is 10.1. The maximum atomic E-state index is 5.98. The molecule has 2 atom stereocenters. The van der Waals surface area contributed by atoms with Gasteiger partial charge < -0.3 is 19.5 Å². The Kier molecular flexibility index (Phi) is 7.57. The van der Waals surface area contributed by atoms with E-state index < -0.39 is 0 Å². The molecule has 29 heavy (non-hydrogen) atoms. The molecule has 2 aromatic rings. The summed E-state index contributed by atoms with van der Waals surface area (Å²) < 4.78 is 16.6. The van der Waals surface area contributed by atoms with E-state index in [4.69, 9.17) is 14.2 Å². The first-order valence-corrected chi connectivity index (χ1v) is 10.7. The summed E-state index contributed by atoms with van der Waals surface area (Å²) in [5, 5.41) is 2.42. The summed E-state index contributed by atoms with van der Waals surface area (Å²) in [6, 6.07) is 17.0. The molecule has 1 saturated heterocycles. The fourth-order valence-electron chi connectivity index (χ4n) is 4.48. The van der Waals surface area contributed by atoms with E-state index in [1.54, 1.807) is 14.2 Å². The smallest absolute Gasteiger partial charge is 0.118 e. The van der Waals surface area contributed by atoms with Crippen molar-refractivity contribution in [2.45, 2.75) is 51.2 Å². The highest BCUT2D eigenvalue weighted by atomic mass is 16.5. The van der Waals surface area contributed by atoms with E-state index in [-0.39, 0.29) is 5.60 Å². The Morgan fingerprint density at radius 3 is 2.21 bits per heavy atom. The summed E-state index contributed by atoms with van der Waals surface area (Å²) in [6.07, 6.45) is 3.42. The average molecular weight is 399 g/mol. The Labute approximate surface area is 175 Å². The summed E-state index contributed by atoms with van der Waals surface area (Å²) in [5.41, 5.74) is 2.73. The minimum absolute atomic E-state index is 0.0273. The maximum Gasteiger partial charge on any atom is 0.118 e. The molecule has 4 heteroatoms. The maximum absolute atomic E-state index is 5.98. The molecule has 3 rings (SSSR count). The predicted molar refractivity (Wildman–Crippen MR) is 117 cm³/mol. The van der Waals surface area contributed by atoms with Gasteiger partial charge >= 0.3 is 0 Å². The molecule has 0 saturated carbocycles. The third-order valence-electron chi connectivity index (χ3n) is 6.07. The minimum atomic E-state index is -0.0273. The van der Waals surface area contributed by atoms with Gasteiger partial charge in [0.2, 0.25) is 0 Å². The largest absolute Gasteiger partial charge is 0.497 e. The summed E-state index contributed by atoms with van der Waals surface area (Å²) >= 11 is 0. The van der Waals surface area contributed by atoms with Crippen LogP contribution in [0.5, 0.6) is 11.5 Å². The monoisotopic (exact) mass is 398 g/mol. The number of hydrogen-bond acceptors (Lipinski definition) is 3. The molecule has 0 aromatic heterocycles. The molecule has 1 aliphatic rings. The van der Waals surface area contributed by atoms with Gasteiger partial charge in [-0.3, -0.25) is 0 Å². The standard InChI is InChI=1S/C25H35NO3/c1-25(2)17-21(14-16-29-25)24(20-7-11-23(28-4)12-8-20)13-15-26-18-19-5-9-22(27-3)10-6-19/h5-12,21,24,26H,13-18H2,1-4H3/p+1/t21-,24+/m0/s1. The van der Waals surface area contributed by atoms with Crippen LogP contribution >= 0.6 is 0 Å². The van der Waals surface area contributed by atoms with Gasteiger partial charge in [-0.05, 0) is 80.5 Å². The van der Waals surface area contributed by atoms with Crippen molar-refractivity contribution in [2.75, 3.05) is 27.4 Å². The number of nitrogens with two attached hydrogens (primary N) is 1. The molecule has 2 N–H and O–H groups in total. The summed E-state index contributed by atoms with van der Waals surface area (Å²) in [5.74, 6) is 3.04. The summed E-state index contributed by atoms with van der Waals surface area (Å²) in [6.45, 7) is 7.42. The molecule has 158 valence electrons. The van der Waals surface area contributed by atoms with Gasteiger partial charge in [-0.2, -0.15) is 0 Å². The lowest BCUT2D eigenvalue weighted by atomic mass is 9.75. The van der Waals surface area contributed by atoms with Crippen molar-refractivity contribution in [1.29, 1.82) is 0 Å². The Morgan fingerprint density at radius 1 is 1.00 bits per heavy atom. The van der Waals surface area contributed by atoms with Gasteiger partial charge in [-0.1, -0.05) is 12.1 Å². The van der Waals surface area contributed by atoms with Gasteiger partial charge in [0, 0.05) is 18.6 Å². The molecule has 1 aliphatic heterocycles. The van der Waals surface area contributed by atoms with Gasteiger partial charge in [0.05, 0.1) is 26.4 Å². The zero-order chi connectivity index (χ0) is 20.7. The minimum Gasteiger partial charge on any atom is -0.497 e. The topological polar surface area (TPSA) is 44.3 Å². The highest BCUT2D eigenvalue weighted by Crippen LogP contribution is 2.40. The van der Waals surface area contributed by atoms with E-state index in [0.29, 0.717) is 11.8 Å². The van der Waals surface area contributed by atoms with Gasteiger partial charge in [-0.25, -0.2) is 0 Å². The lowest BCUT2D eigenvalue weighted by Gasteiger charge is -2.39. The molecular formula is C25H36NO3+. The van der Waals surface area contributed by atoms with Crippen LogP contribution in [0.3, 0.4) is 0 Å². The fourth-order valence-corrected chi connectivity index (χ4v) is 4.48. The predicted octanol–water partition coefficient (Wildman–Crippen LogP) is 4.15. The Morgan fingerprint density at radius 2 is 1.62 bits per heavy atom. The van der Waals surface area contributed by atoms with Crippen molar-refractivity contribution in [3.63, 3.8) is 0 Å². The van der Waals surface area contributed by atoms with Crippen molar-refractivity contribution in [1.82, 2.24) is 0 Å². The zero-order valence-corrected chi connectivity index (χ0v) is 18.3. The molecule has 1 fully saturated rings. The molecule has 0 radical (unpaired) electrons. The summed E-state index contributed by atoms with van der Waals surface area (Å²) in [7, 11) is 3.43. The van der Waals surface area contributed by atoms with E-state index in [0.717, 1.165) is 44.0 Å². The van der Waals surface area contributed by atoms with E-state index in [1.165, 1.54) is 17.5 Å². The van der Waals surface area contributed by atoms with E-state index in [9.17, 15) is 0 Å². The van der Waals surface area contributed by atoms with Crippen molar-refractivity contribution in [3.05, 3.63) is 59.7 Å². The van der Waals surface area contributed by atoms with Crippen LogP contribution in [0.1, 0.15) is 50.2 Å². The molecule has 0 unspecified atom stereocenters. The molecule has 0 amide bonds. The number of quaternary nitrogens is 1. The highest BCUT2D eigenvalue weighted by molar-refractivity contribution is 5.30. The third kappa shape index (κ3) is 6.22. The van der Waals surface area contributed by atoms with Crippen LogP contribution in [0, 0.1) is 5.92 Å². The van der Waals surface area contributed by atoms with Gasteiger partial charge in [0.25, 0.3) is 0 Å². The molecule has 0 bridgehead atoms. The SMILES string of the molecule is COc1ccc(C[NH2+]CC[C@H](c2ccc(OC)cc2)[C@H]2CCOC(C)(C)C2)cc1. The first-order valence-electron chi connectivity index (χ1n) is 10.7. The highest BCUT2D eigenvalue weighted by Gasteiger charge is 2.34. The number of hydrogen-bond donors (Lipinski definition) is 1. The van der Waals surface area contributed by atoms with Crippen LogP contribution in [0.4, 0.5) is 0 Å². The Bertz CT molecular complexity index is 740. The van der Waals surface area contributed by atoms with Crippen LogP contribution < -0.4 is 14.8 Å². The average Bonchev–Trinajstić information content (AvgIpc) is 2.73. The van der Waals surface area contributed by atoms with Crippen molar-refractivity contribution < 1.29 is 19.5 Å². The second-order valence-corrected chi connectivity index (χ2v) is 8.66. The molecule has 1 heterocycles. The van der Waals surface area contributed by atoms with Crippen LogP contribution in [-0.2, 0) is 11.3 Å². The quantitative estimate of drug-likeness (QED) is 0.646. The molecule has 0 spiro atoms. The number of rotatable bonds is 9. The number of methoxy groups -OCH3 is 2. The number of ether oxygens (including phenoxy) is 3. The van der Waals surface area contributed by atoms with Crippen LogP contribution in [0.25, 0.3) is 0 Å². The molecule has 2 aromatic carbocycles. The van der Waals surface area contributed by atoms with Crippen molar-refractivity contribution >= 4 is 0 Å². The molecule has 4 nitrogen and oxygen atoms in total. The lowest BCUT2D eigenvalue weighted by molar-refractivity contribution is -0.671. The van der Waals surface area contributed by atoms with Gasteiger partial charge in [-0.15, -0.1) is 0 Å². The van der Waals surface area contributed by atoms with E-state index in [2.05, 4.69) is 55.6 Å². The van der Waals surface area contributed by atoms with E-state index in [1.807, 2.05) is 12.1 Å². The Hall–Kier alpha value is -2.04. The fraction of sp³-hybridized carbons (Fsp3) is 0.520. The van der Waals surface area contributed by atoms with Crippen LogP contribution in [0.2, 0.25) is 0 Å². The van der Waals surface area contributed by atoms with Crippen molar-refractivity contribution in [2.24, 2.45) is 5.92 Å². The lowest BCUT2D eigenvalue weighted by Crippen LogP contribution is -2.82. The first kappa shape index (κ1) is 21.7. The second-order valence-electron chi connectivity index (χ2n) is 8.66. The normalized spacial score (nSPS) is 19.5. The third-order valence-corrected chi connectivity index (χ3v) is 6.07.